The first-order chi connectivity index (χ1) is 13.6. The number of nitrogens with zero attached hydrogens (tertiary/aromatic N) is 2. The number of hydrogen-bond acceptors (Lipinski definition) is 6. The second-order valence-electron chi connectivity index (χ2n) is 6.13. The molecule has 4 N–H and O–H groups in total. The van der Waals surface area contributed by atoms with Gasteiger partial charge in [0.1, 0.15) is 18.3 Å². The molecule has 1 aliphatic rings. The summed E-state index contributed by atoms with van der Waals surface area (Å²) >= 11 is 0. The zero-order chi connectivity index (χ0) is 19.5. The van der Waals surface area contributed by atoms with Gasteiger partial charge in [-0.1, -0.05) is 0 Å². The van der Waals surface area contributed by atoms with Crippen LogP contribution in [-0.2, 0) is 0 Å². The lowest BCUT2D eigenvalue weighted by Gasteiger charge is -2.29. The fourth-order valence-electron chi connectivity index (χ4n) is 2.89. The number of carbonyl (C=O) groups excluding carboxylic acids is 1. The van der Waals surface area contributed by atoms with Crippen molar-refractivity contribution in [3.8, 4) is 5.75 Å². The number of amides is 2. The summed E-state index contributed by atoms with van der Waals surface area (Å²) < 4.78 is 10.4. The molecule has 2 aromatic carbocycles. The molecular formula is C20H19N5O3. The molecule has 0 spiro atoms. The zero-order valence-electron chi connectivity index (χ0n) is 15.1. The molecule has 8 heteroatoms. The van der Waals surface area contributed by atoms with Crippen molar-refractivity contribution < 1.29 is 13.9 Å². The van der Waals surface area contributed by atoms with Crippen LogP contribution in [-0.4, -0.2) is 19.5 Å². The maximum atomic E-state index is 12.2. The van der Waals surface area contributed by atoms with E-state index in [1.807, 2.05) is 23.1 Å². The number of furan rings is 1. The topological polar surface area (TPSA) is 105 Å². The fraction of sp³-hybridized carbons (Fsp3) is 0.100. The van der Waals surface area contributed by atoms with Gasteiger partial charge in [-0.2, -0.15) is 0 Å². The molecule has 1 unspecified atom stereocenters. The van der Waals surface area contributed by atoms with E-state index in [1.165, 1.54) is 0 Å². The van der Waals surface area contributed by atoms with Gasteiger partial charge in [0, 0.05) is 17.1 Å². The highest BCUT2D eigenvalue weighted by molar-refractivity contribution is 6.00. The number of hydrogen-bond donors (Lipinski definition) is 3. The van der Waals surface area contributed by atoms with Crippen molar-refractivity contribution in [1.82, 2.24) is 0 Å². The predicted octanol–water partition coefficient (Wildman–Crippen LogP) is 4.07. The lowest BCUT2D eigenvalue weighted by Crippen LogP contribution is -2.35. The van der Waals surface area contributed by atoms with E-state index in [4.69, 9.17) is 14.9 Å². The van der Waals surface area contributed by atoms with Gasteiger partial charge in [-0.25, -0.2) is 9.79 Å². The number of urea groups is 1. The summed E-state index contributed by atoms with van der Waals surface area (Å²) in [5.41, 5.74) is 9.27. The maximum Gasteiger partial charge on any atom is 0.323 e. The van der Waals surface area contributed by atoms with Gasteiger partial charge in [-0.05, 0) is 54.6 Å². The Morgan fingerprint density at radius 2 is 1.71 bits per heavy atom. The third-order valence-corrected chi connectivity index (χ3v) is 4.36. The predicted molar refractivity (Wildman–Crippen MR) is 108 cm³/mol. The second kappa shape index (κ2) is 7.45. The number of nitrogens with one attached hydrogen (secondary N) is 2. The van der Waals surface area contributed by atoms with Gasteiger partial charge in [-0.15, -0.1) is 0 Å². The minimum Gasteiger partial charge on any atom is -0.497 e. The Morgan fingerprint density at radius 1 is 1.07 bits per heavy atom. The zero-order valence-corrected chi connectivity index (χ0v) is 15.1. The SMILES string of the molecule is COc1ccc(NC(=O)Nc2ccc(N3C=Nc4occc4C3N)cc2)cc1. The first kappa shape index (κ1) is 17.6. The highest BCUT2D eigenvalue weighted by Gasteiger charge is 2.24. The Hall–Kier alpha value is -3.78. The molecule has 1 aliphatic heterocycles. The van der Waals surface area contributed by atoms with Crippen LogP contribution in [0.15, 0.2) is 70.3 Å². The third kappa shape index (κ3) is 3.53. The molecule has 3 aromatic rings. The average molecular weight is 377 g/mol. The molecule has 1 atom stereocenters. The van der Waals surface area contributed by atoms with Gasteiger partial charge in [0.15, 0.2) is 0 Å². The quantitative estimate of drug-likeness (QED) is 0.636. The minimum absolute atomic E-state index is 0.336. The fourth-order valence-corrected chi connectivity index (χ4v) is 2.89. The van der Waals surface area contributed by atoms with Crippen LogP contribution in [0.4, 0.5) is 27.7 Å². The van der Waals surface area contributed by atoms with E-state index in [0.29, 0.717) is 17.3 Å². The molecule has 28 heavy (non-hydrogen) atoms. The number of anilines is 3. The van der Waals surface area contributed by atoms with E-state index in [-0.39, 0.29) is 12.2 Å². The van der Waals surface area contributed by atoms with E-state index in [2.05, 4.69) is 15.6 Å². The summed E-state index contributed by atoms with van der Waals surface area (Å²) in [4.78, 5) is 18.3. The molecule has 4 rings (SSSR count). The van der Waals surface area contributed by atoms with Crippen LogP contribution < -0.4 is 26.0 Å². The minimum atomic E-state index is -0.386. The van der Waals surface area contributed by atoms with Crippen molar-refractivity contribution in [3.63, 3.8) is 0 Å². The van der Waals surface area contributed by atoms with Gasteiger partial charge in [-0.3, -0.25) is 0 Å². The number of carbonyl (C=O) groups is 1. The van der Waals surface area contributed by atoms with Crippen LogP contribution in [0.1, 0.15) is 11.7 Å². The summed E-state index contributed by atoms with van der Waals surface area (Å²) in [6, 6.07) is 15.9. The lowest BCUT2D eigenvalue weighted by molar-refractivity contribution is 0.262. The number of aliphatic imine (C=N–C) groups is 1. The molecule has 0 fully saturated rings. The van der Waals surface area contributed by atoms with Crippen molar-refractivity contribution in [2.75, 3.05) is 22.6 Å². The highest BCUT2D eigenvalue weighted by Crippen LogP contribution is 2.33. The lowest BCUT2D eigenvalue weighted by atomic mass is 10.2. The summed E-state index contributed by atoms with van der Waals surface area (Å²) in [6.07, 6.45) is 2.82. The summed E-state index contributed by atoms with van der Waals surface area (Å²) in [5, 5.41) is 5.56. The second-order valence-corrected chi connectivity index (χ2v) is 6.13. The first-order valence-electron chi connectivity index (χ1n) is 8.61. The molecule has 2 heterocycles. The van der Waals surface area contributed by atoms with Crippen LogP contribution in [0.5, 0.6) is 5.75 Å². The van der Waals surface area contributed by atoms with Crippen molar-refractivity contribution >= 4 is 35.3 Å². The van der Waals surface area contributed by atoms with E-state index in [0.717, 1.165) is 17.0 Å². The largest absolute Gasteiger partial charge is 0.497 e. The Morgan fingerprint density at radius 3 is 2.36 bits per heavy atom. The number of nitrogens with two attached hydrogens (primary N) is 1. The summed E-state index contributed by atoms with van der Waals surface area (Å²) in [6.45, 7) is 0. The van der Waals surface area contributed by atoms with Gasteiger partial charge in [0.2, 0.25) is 5.88 Å². The number of methoxy groups -OCH3 is 1. The highest BCUT2D eigenvalue weighted by atomic mass is 16.5. The van der Waals surface area contributed by atoms with Gasteiger partial charge >= 0.3 is 6.03 Å². The van der Waals surface area contributed by atoms with Crippen molar-refractivity contribution in [2.24, 2.45) is 10.7 Å². The number of ether oxygens (including phenoxy) is 1. The van der Waals surface area contributed by atoms with E-state index >= 15 is 0 Å². The van der Waals surface area contributed by atoms with Crippen molar-refractivity contribution in [3.05, 3.63) is 66.4 Å². The van der Waals surface area contributed by atoms with Crippen LogP contribution in [0.25, 0.3) is 0 Å². The van der Waals surface area contributed by atoms with Crippen molar-refractivity contribution in [1.29, 1.82) is 0 Å². The average Bonchev–Trinajstić information content (AvgIpc) is 3.19. The third-order valence-electron chi connectivity index (χ3n) is 4.36. The number of fused-ring (bicyclic) bond motifs is 1. The Kier molecular flexibility index (Phi) is 4.69. The van der Waals surface area contributed by atoms with Crippen LogP contribution in [0, 0.1) is 0 Å². The Bertz CT molecular complexity index is 995. The van der Waals surface area contributed by atoms with Gasteiger partial charge < -0.3 is 30.4 Å². The van der Waals surface area contributed by atoms with E-state index in [1.54, 1.807) is 56.1 Å². The molecule has 2 amide bonds. The maximum absolute atomic E-state index is 12.2. The molecule has 142 valence electrons. The number of rotatable bonds is 4. The Balaban J connectivity index is 1.40. The molecule has 1 aromatic heterocycles. The number of benzene rings is 2. The molecule has 0 bridgehead atoms. The van der Waals surface area contributed by atoms with Crippen LogP contribution in [0.2, 0.25) is 0 Å². The van der Waals surface area contributed by atoms with Gasteiger partial charge in [0.05, 0.1) is 18.9 Å². The molecule has 0 radical (unpaired) electrons. The Labute approximate surface area is 161 Å². The summed E-state index contributed by atoms with van der Waals surface area (Å²) in [7, 11) is 1.59. The van der Waals surface area contributed by atoms with E-state index < -0.39 is 0 Å². The summed E-state index contributed by atoms with van der Waals surface area (Å²) in [5.74, 6) is 1.25. The molecular weight excluding hydrogens is 358 g/mol. The van der Waals surface area contributed by atoms with Gasteiger partial charge in [0.25, 0.3) is 0 Å². The molecule has 0 aliphatic carbocycles. The van der Waals surface area contributed by atoms with Crippen molar-refractivity contribution in [2.45, 2.75) is 6.17 Å². The molecule has 0 saturated carbocycles. The first-order valence-corrected chi connectivity index (χ1v) is 8.61. The van der Waals surface area contributed by atoms with Crippen LogP contribution in [0.3, 0.4) is 0 Å². The smallest absolute Gasteiger partial charge is 0.323 e. The van der Waals surface area contributed by atoms with E-state index in [9.17, 15) is 4.79 Å². The molecule has 8 nitrogen and oxygen atoms in total. The normalized spacial score (nSPS) is 15.1. The standard InChI is InChI=1S/C20H19N5O3/c1-27-16-8-4-14(5-9-16)24-20(26)23-13-2-6-15(7-3-13)25-12-22-19-17(18(25)21)10-11-28-19/h2-12,18H,21H2,1H3,(H2,23,24,26). The van der Waals surface area contributed by atoms with Crippen LogP contribution >= 0.6 is 0 Å². The monoisotopic (exact) mass is 377 g/mol. The molecule has 0 saturated heterocycles.